The fraction of sp³-hybridized carbons (Fsp3) is 0.538. The summed E-state index contributed by atoms with van der Waals surface area (Å²) >= 11 is 0. The van der Waals surface area contributed by atoms with Crippen LogP contribution in [0.2, 0.25) is 0 Å². The summed E-state index contributed by atoms with van der Waals surface area (Å²) in [6, 6.07) is 5.90. The Balaban J connectivity index is 1.98. The van der Waals surface area contributed by atoms with Gasteiger partial charge in [0.1, 0.15) is 0 Å². The molecule has 1 aliphatic carbocycles. The van der Waals surface area contributed by atoms with Crippen molar-refractivity contribution in [2.75, 3.05) is 17.6 Å². The summed E-state index contributed by atoms with van der Waals surface area (Å²) in [5.74, 6) is 0. The highest BCUT2D eigenvalue weighted by Gasteiger charge is 2.30. The standard InChI is InChI=1S/C13H20N2O/c1-10-6-11(14)8-12(7-10)15-9-13(16)4-2-3-5-13/h6-8,15-16H,2-5,9,14H2,1H3. The third-order valence-corrected chi connectivity index (χ3v) is 3.26. The minimum atomic E-state index is -0.515. The van der Waals surface area contributed by atoms with Gasteiger partial charge in [-0.15, -0.1) is 0 Å². The van der Waals surface area contributed by atoms with E-state index in [-0.39, 0.29) is 0 Å². The van der Waals surface area contributed by atoms with E-state index in [1.807, 2.05) is 19.1 Å². The Labute approximate surface area is 96.7 Å². The minimum Gasteiger partial charge on any atom is -0.399 e. The van der Waals surface area contributed by atoms with Crippen molar-refractivity contribution in [3.63, 3.8) is 0 Å². The molecule has 0 unspecified atom stereocenters. The Bertz CT molecular complexity index is 350. The molecule has 0 radical (unpaired) electrons. The van der Waals surface area contributed by atoms with Gasteiger partial charge in [0.2, 0.25) is 0 Å². The summed E-state index contributed by atoms with van der Waals surface area (Å²) in [6.07, 6.45) is 4.07. The van der Waals surface area contributed by atoms with Gasteiger partial charge in [0, 0.05) is 17.9 Å². The fourth-order valence-electron chi connectivity index (χ4n) is 2.39. The maximum Gasteiger partial charge on any atom is 0.0819 e. The average Bonchev–Trinajstić information content (AvgIpc) is 2.62. The van der Waals surface area contributed by atoms with Crippen LogP contribution < -0.4 is 11.1 Å². The van der Waals surface area contributed by atoms with E-state index in [0.29, 0.717) is 6.54 Å². The summed E-state index contributed by atoms with van der Waals surface area (Å²) in [4.78, 5) is 0. The first-order valence-electron chi connectivity index (χ1n) is 5.91. The zero-order valence-corrected chi connectivity index (χ0v) is 9.79. The first kappa shape index (κ1) is 11.3. The molecule has 88 valence electrons. The number of rotatable bonds is 3. The highest BCUT2D eigenvalue weighted by molar-refractivity contribution is 5.56. The van der Waals surface area contributed by atoms with Gasteiger partial charge in [-0.25, -0.2) is 0 Å². The van der Waals surface area contributed by atoms with Crippen molar-refractivity contribution < 1.29 is 5.11 Å². The molecule has 3 heteroatoms. The van der Waals surface area contributed by atoms with Crippen LogP contribution in [-0.2, 0) is 0 Å². The second kappa shape index (κ2) is 4.34. The van der Waals surface area contributed by atoms with Gasteiger partial charge < -0.3 is 16.2 Å². The van der Waals surface area contributed by atoms with Gasteiger partial charge >= 0.3 is 0 Å². The largest absolute Gasteiger partial charge is 0.399 e. The minimum absolute atomic E-state index is 0.515. The molecule has 4 N–H and O–H groups in total. The van der Waals surface area contributed by atoms with Gasteiger partial charge in [-0.2, -0.15) is 0 Å². The van der Waals surface area contributed by atoms with E-state index in [2.05, 4.69) is 11.4 Å². The molecule has 0 aliphatic heterocycles. The van der Waals surface area contributed by atoms with E-state index < -0.39 is 5.60 Å². The molecule has 0 heterocycles. The van der Waals surface area contributed by atoms with Gasteiger partial charge in [0.15, 0.2) is 0 Å². The number of nitrogens with one attached hydrogen (secondary N) is 1. The SMILES string of the molecule is Cc1cc(N)cc(NCC2(O)CCCC2)c1. The van der Waals surface area contributed by atoms with Crippen molar-refractivity contribution in [1.29, 1.82) is 0 Å². The molecule has 1 aromatic rings. The van der Waals surface area contributed by atoms with Crippen LogP contribution in [0.3, 0.4) is 0 Å². The molecule has 0 saturated heterocycles. The van der Waals surface area contributed by atoms with Crippen LogP contribution in [0.25, 0.3) is 0 Å². The van der Waals surface area contributed by atoms with E-state index in [4.69, 9.17) is 5.73 Å². The van der Waals surface area contributed by atoms with Crippen molar-refractivity contribution in [3.8, 4) is 0 Å². The monoisotopic (exact) mass is 220 g/mol. The Morgan fingerprint density at radius 2 is 2.00 bits per heavy atom. The molecule has 2 rings (SSSR count). The molecule has 16 heavy (non-hydrogen) atoms. The van der Waals surface area contributed by atoms with Crippen molar-refractivity contribution in [1.82, 2.24) is 0 Å². The van der Waals surface area contributed by atoms with Crippen molar-refractivity contribution >= 4 is 11.4 Å². The van der Waals surface area contributed by atoms with Gasteiger partial charge in [-0.3, -0.25) is 0 Å². The molecule has 1 aliphatic rings. The molecule has 1 saturated carbocycles. The number of nitrogen functional groups attached to an aromatic ring is 1. The highest BCUT2D eigenvalue weighted by Crippen LogP contribution is 2.29. The molecule has 0 spiro atoms. The fourth-order valence-corrected chi connectivity index (χ4v) is 2.39. The van der Waals surface area contributed by atoms with Crippen LogP contribution in [0.1, 0.15) is 31.2 Å². The average molecular weight is 220 g/mol. The first-order valence-corrected chi connectivity index (χ1v) is 5.91. The summed E-state index contributed by atoms with van der Waals surface area (Å²) in [6.45, 7) is 2.64. The van der Waals surface area contributed by atoms with Gasteiger partial charge in [-0.05, 0) is 43.5 Å². The molecule has 0 aromatic heterocycles. The van der Waals surface area contributed by atoms with Crippen LogP contribution in [0.5, 0.6) is 0 Å². The summed E-state index contributed by atoms with van der Waals surface area (Å²) in [5.41, 5.74) is 8.16. The lowest BCUT2D eigenvalue weighted by atomic mass is 10.0. The topological polar surface area (TPSA) is 58.3 Å². The molecule has 3 nitrogen and oxygen atoms in total. The van der Waals surface area contributed by atoms with E-state index in [9.17, 15) is 5.11 Å². The molecule has 0 bridgehead atoms. The van der Waals surface area contributed by atoms with Gasteiger partial charge in [0.25, 0.3) is 0 Å². The summed E-state index contributed by atoms with van der Waals surface area (Å²) < 4.78 is 0. The van der Waals surface area contributed by atoms with Crippen molar-refractivity contribution in [2.45, 2.75) is 38.2 Å². The van der Waals surface area contributed by atoms with E-state index >= 15 is 0 Å². The summed E-state index contributed by atoms with van der Waals surface area (Å²) in [7, 11) is 0. The Morgan fingerprint density at radius 3 is 2.62 bits per heavy atom. The number of benzene rings is 1. The molecule has 1 aromatic carbocycles. The quantitative estimate of drug-likeness (QED) is 0.685. The first-order chi connectivity index (χ1) is 7.57. The Hall–Kier alpha value is -1.22. The van der Waals surface area contributed by atoms with Crippen LogP contribution in [0, 0.1) is 6.92 Å². The van der Waals surface area contributed by atoms with Crippen molar-refractivity contribution in [3.05, 3.63) is 23.8 Å². The zero-order valence-electron chi connectivity index (χ0n) is 9.79. The maximum atomic E-state index is 10.2. The summed E-state index contributed by atoms with van der Waals surface area (Å²) in [5, 5.41) is 13.5. The predicted molar refractivity (Wildman–Crippen MR) is 67.5 cm³/mol. The van der Waals surface area contributed by atoms with Crippen molar-refractivity contribution in [2.24, 2.45) is 0 Å². The highest BCUT2D eigenvalue weighted by atomic mass is 16.3. The number of nitrogens with two attached hydrogens (primary N) is 1. The molecule has 0 amide bonds. The second-order valence-electron chi connectivity index (χ2n) is 4.92. The van der Waals surface area contributed by atoms with E-state index in [1.165, 1.54) is 0 Å². The third kappa shape index (κ3) is 2.67. The van der Waals surface area contributed by atoms with Crippen LogP contribution in [-0.4, -0.2) is 17.3 Å². The lowest BCUT2D eigenvalue weighted by molar-refractivity contribution is 0.0615. The predicted octanol–water partition coefficient (Wildman–Crippen LogP) is 2.29. The third-order valence-electron chi connectivity index (χ3n) is 3.26. The molecular weight excluding hydrogens is 200 g/mol. The normalized spacial score (nSPS) is 18.6. The number of aryl methyl sites for hydroxylation is 1. The van der Waals surface area contributed by atoms with E-state index in [1.54, 1.807) is 0 Å². The Kier molecular flexibility index (Phi) is 3.06. The smallest absolute Gasteiger partial charge is 0.0819 e. The van der Waals surface area contributed by atoms with Crippen LogP contribution >= 0.6 is 0 Å². The van der Waals surface area contributed by atoms with Gasteiger partial charge in [0.05, 0.1) is 5.60 Å². The number of aliphatic hydroxyl groups is 1. The number of anilines is 2. The molecule has 0 atom stereocenters. The molecule has 1 fully saturated rings. The Morgan fingerprint density at radius 1 is 1.31 bits per heavy atom. The maximum absolute atomic E-state index is 10.2. The van der Waals surface area contributed by atoms with Crippen LogP contribution in [0.4, 0.5) is 11.4 Å². The van der Waals surface area contributed by atoms with Gasteiger partial charge in [-0.1, -0.05) is 12.8 Å². The number of hydrogen-bond donors (Lipinski definition) is 3. The van der Waals surface area contributed by atoms with E-state index in [0.717, 1.165) is 42.6 Å². The lowest BCUT2D eigenvalue weighted by Crippen LogP contribution is -2.33. The second-order valence-corrected chi connectivity index (χ2v) is 4.92. The molecular formula is C13H20N2O. The lowest BCUT2D eigenvalue weighted by Gasteiger charge is -2.23. The van der Waals surface area contributed by atoms with Crippen LogP contribution in [0.15, 0.2) is 18.2 Å². The number of hydrogen-bond acceptors (Lipinski definition) is 3. The zero-order chi connectivity index (χ0) is 11.6.